The molecular weight excluding hydrogens is 408 g/mol. The van der Waals surface area contributed by atoms with E-state index in [1.165, 1.54) is 65.7 Å². The van der Waals surface area contributed by atoms with E-state index < -0.39 is 0 Å². The van der Waals surface area contributed by atoms with E-state index in [9.17, 15) is 0 Å². The van der Waals surface area contributed by atoms with Crippen LogP contribution >= 0.6 is 0 Å². The Bertz CT molecular complexity index is 1500. The summed E-state index contributed by atoms with van der Waals surface area (Å²) in [6.07, 6.45) is 0. The van der Waals surface area contributed by atoms with E-state index in [1.807, 2.05) is 0 Å². The van der Waals surface area contributed by atoms with Gasteiger partial charge in [0.15, 0.2) is 0 Å². The first-order chi connectivity index (χ1) is 15.4. The van der Waals surface area contributed by atoms with Crippen LogP contribution in [0, 0.1) is 0 Å². The highest BCUT2D eigenvalue weighted by atomic mass is 14.4. The average Bonchev–Trinajstić information content (AvgIpc) is 3.01. The van der Waals surface area contributed by atoms with E-state index in [0.717, 1.165) is 0 Å². The van der Waals surface area contributed by atoms with Crippen molar-refractivity contribution in [2.45, 2.75) is 105 Å². The molecule has 4 aromatic carbocycles. The predicted molar refractivity (Wildman–Crippen MR) is 153 cm³/mol. The maximum Gasteiger partial charge on any atom is -0.000814 e. The maximum atomic E-state index is 2.57. The Morgan fingerprint density at radius 2 is 0.971 bits per heavy atom. The van der Waals surface area contributed by atoms with Crippen LogP contribution in [-0.2, 0) is 21.7 Å². The molecule has 0 radical (unpaired) electrons. The first-order valence-corrected chi connectivity index (χ1v) is 13.0. The van der Waals surface area contributed by atoms with Crippen LogP contribution < -0.4 is 0 Å². The molecule has 0 N–H and O–H groups in total. The number of hydrogen-bond acceptors (Lipinski definition) is 0. The van der Waals surface area contributed by atoms with Crippen LogP contribution in [0.15, 0.2) is 36.4 Å². The van der Waals surface area contributed by atoms with Gasteiger partial charge in [0.25, 0.3) is 0 Å². The topological polar surface area (TPSA) is 0 Å². The largest absolute Gasteiger partial charge is 0.0610 e. The SMILES string of the molecule is CC(C)(C)c1cc(C(C)(C)C)c2cc(C(C)(C)C)c3c(C(C)(C)C)cc4cccc5c4c3c2c1-5. The second kappa shape index (κ2) is 6.66. The number of benzene rings is 4. The van der Waals surface area contributed by atoms with Gasteiger partial charge in [-0.2, -0.15) is 0 Å². The summed E-state index contributed by atoms with van der Waals surface area (Å²) >= 11 is 0. The molecule has 5 rings (SSSR count). The molecule has 0 aromatic heterocycles. The van der Waals surface area contributed by atoms with Crippen LogP contribution in [0.5, 0.6) is 0 Å². The lowest BCUT2D eigenvalue weighted by atomic mass is 9.72. The Morgan fingerprint density at radius 1 is 0.441 bits per heavy atom. The van der Waals surface area contributed by atoms with Crippen molar-refractivity contribution in [3.8, 4) is 11.1 Å². The van der Waals surface area contributed by atoms with Crippen LogP contribution in [0.2, 0.25) is 0 Å². The fourth-order valence-corrected chi connectivity index (χ4v) is 6.19. The Balaban J connectivity index is 2.22. The van der Waals surface area contributed by atoms with Gasteiger partial charge >= 0.3 is 0 Å². The van der Waals surface area contributed by atoms with Crippen molar-refractivity contribution < 1.29 is 0 Å². The molecule has 0 aliphatic heterocycles. The minimum atomic E-state index is 0.0530. The normalized spacial score (nSPS) is 14.5. The molecule has 0 bridgehead atoms. The number of hydrogen-bond donors (Lipinski definition) is 0. The lowest BCUT2D eigenvalue weighted by Gasteiger charge is -2.32. The van der Waals surface area contributed by atoms with E-state index in [1.54, 1.807) is 0 Å². The van der Waals surface area contributed by atoms with Crippen molar-refractivity contribution in [1.82, 2.24) is 0 Å². The second-order valence-electron chi connectivity index (χ2n) is 14.8. The third-order valence-corrected chi connectivity index (χ3v) is 7.84. The fourth-order valence-electron chi connectivity index (χ4n) is 6.19. The van der Waals surface area contributed by atoms with E-state index in [0.29, 0.717) is 0 Å². The highest BCUT2D eigenvalue weighted by Gasteiger charge is 2.35. The molecule has 34 heavy (non-hydrogen) atoms. The summed E-state index contributed by atoms with van der Waals surface area (Å²) in [6, 6.07) is 14.6. The molecule has 0 nitrogen and oxygen atoms in total. The van der Waals surface area contributed by atoms with Crippen molar-refractivity contribution in [1.29, 1.82) is 0 Å². The summed E-state index contributed by atoms with van der Waals surface area (Å²) in [7, 11) is 0. The van der Waals surface area contributed by atoms with Gasteiger partial charge in [-0.3, -0.25) is 0 Å². The van der Waals surface area contributed by atoms with Gasteiger partial charge in [0, 0.05) is 0 Å². The van der Waals surface area contributed by atoms with Gasteiger partial charge in [0.1, 0.15) is 0 Å². The van der Waals surface area contributed by atoms with Gasteiger partial charge < -0.3 is 0 Å². The zero-order valence-electron chi connectivity index (χ0n) is 23.5. The van der Waals surface area contributed by atoms with E-state index in [4.69, 9.17) is 0 Å². The highest BCUT2D eigenvalue weighted by molar-refractivity contribution is 6.35. The van der Waals surface area contributed by atoms with Gasteiger partial charge in [0.05, 0.1) is 0 Å². The van der Waals surface area contributed by atoms with Crippen molar-refractivity contribution >= 4 is 32.3 Å². The van der Waals surface area contributed by atoms with Gasteiger partial charge in [0.2, 0.25) is 0 Å². The molecular formula is C34H42. The molecule has 0 amide bonds. The molecule has 1 aliphatic rings. The molecule has 1 aliphatic carbocycles. The summed E-state index contributed by atoms with van der Waals surface area (Å²) in [4.78, 5) is 0. The maximum absolute atomic E-state index is 2.57. The summed E-state index contributed by atoms with van der Waals surface area (Å²) in [5.41, 5.74) is 9.08. The molecule has 0 saturated heterocycles. The summed E-state index contributed by atoms with van der Waals surface area (Å²) in [6.45, 7) is 28.5. The quantitative estimate of drug-likeness (QED) is 0.206. The van der Waals surface area contributed by atoms with Crippen molar-refractivity contribution in [2.24, 2.45) is 0 Å². The fraction of sp³-hybridized carbons (Fsp3) is 0.471. The van der Waals surface area contributed by atoms with Crippen molar-refractivity contribution in [3.05, 3.63) is 58.7 Å². The number of fused-ring (bicyclic) bond motifs is 1. The molecule has 0 unspecified atom stereocenters. The lowest BCUT2D eigenvalue weighted by molar-refractivity contribution is 0.572. The summed E-state index contributed by atoms with van der Waals surface area (Å²) in [5, 5.41) is 8.81. The van der Waals surface area contributed by atoms with E-state index >= 15 is 0 Å². The highest BCUT2D eigenvalue weighted by Crippen LogP contribution is 2.56. The first-order valence-electron chi connectivity index (χ1n) is 13.0. The monoisotopic (exact) mass is 450 g/mol. The first kappa shape index (κ1) is 23.4. The Kier molecular flexibility index (Phi) is 4.58. The van der Waals surface area contributed by atoms with Crippen molar-refractivity contribution in [2.75, 3.05) is 0 Å². The van der Waals surface area contributed by atoms with E-state index in [-0.39, 0.29) is 21.7 Å². The van der Waals surface area contributed by atoms with Crippen LogP contribution in [0.25, 0.3) is 43.4 Å². The Labute approximate surface area is 206 Å². The molecule has 178 valence electrons. The van der Waals surface area contributed by atoms with Gasteiger partial charge in [-0.15, -0.1) is 0 Å². The predicted octanol–water partition coefficient (Wildman–Crippen LogP) is 10.3. The molecule has 0 heteroatoms. The molecule has 0 fully saturated rings. The van der Waals surface area contributed by atoms with Crippen LogP contribution in [-0.4, -0.2) is 0 Å². The van der Waals surface area contributed by atoms with Crippen molar-refractivity contribution in [3.63, 3.8) is 0 Å². The minimum Gasteiger partial charge on any atom is -0.0610 e. The Hall–Kier alpha value is -2.34. The zero-order chi connectivity index (χ0) is 25.2. The third kappa shape index (κ3) is 3.17. The minimum absolute atomic E-state index is 0.0530. The smallest absolute Gasteiger partial charge is 0.000814 e. The lowest BCUT2D eigenvalue weighted by Crippen LogP contribution is -2.20. The van der Waals surface area contributed by atoms with Gasteiger partial charge in [-0.25, -0.2) is 0 Å². The standard InChI is InChI=1S/C34H42/c1-31(2,3)22-18-25(34(10,11)12)27-20-15-13-14-19-16-23(32(4,5)6)29-24(33(7,8)9)17-21(22)28(27)30(29)26(19)20/h13-18H,1-12H3. The molecule has 4 aromatic rings. The molecule has 0 heterocycles. The second-order valence-corrected chi connectivity index (χ2v) is 14.8. The number of rotatable bonds is 0. The van der Waals surface area contributed by atoms with Crippen LogP contribution in [0.1, 0.15) is 105 Å². The summed E-state index contributed by atoms with van der Waals surface area (Å²) in [5.74, 6) is 0. The van der Waals surface area contributed by atoms with E-state index in [2.05, 4.69) is 119 Å². The van der Waals surface area contributed by atoms with Crippen LogP contribution in [0.4, 0.5) is 0 Å². The Morgan fingerprint density at radius 3 is 1.50 bits per heavy atom. The third-order valence-electron chi connectivity index (χ3n) is 7.84. The molecule has 0 saturated carbocycles. The molecule has 0 atom stereocenters. The van der Waals surface area contributed by atoms with Crippen LogP contribution in [0.3, 0.4) is 0 Å². The molecule has 0 spiro atoms. The van der Waals surface area contributed by atoms with Gasteiger partial charge in [-0.1, -0.05) is 107 Å². The summed E-state index contributed by atoms with van der Waals surface area (Å²) < 4.78 is 0. The zero-order valence-corrected chi connectivity index (χ0v) is 23.5. The average molecular weight is 451 g/mol. The van der Waals surface area contributed by atoms with Gasteiger partial charge in [-0.05, 0) is 99.5 Å².